The van der Waals surface area contributed by atoms with Gasteiger partial charge in [-0.15, -0.1) is 0 Å². The van der Waals surface area contributed by atoms with Crippen LogP contribution in [-0.2, 0) is 16.6 Å². The zero-order valence-electron chi connectivity index (χ0n) is 9.88. The summed E-state index contributed by atoms with van der Waals surface area (Å²) in [6, 6.07) is 9.88. The van der Waals surface area contributed by atoms with Crippen LogP contribution in [0.5, 0.6) is 0 Å². The van der Waals surface area contributed by atoms with Crippen LogP contribution < -0.4 is 10.5 Å². The number of pyridine rings is 1. The van der Waals surface area contributed by atoms with E-state index in [0.717, 1.165) is 0 Å². The summed E-state index contributed by atoms with van der Waals surface area (Å²) in [7, 11) is -3.60. The van der Waals surface area contributed by atoms with Gasteiger partial charge in [-0.05, 0) is 46.3 Å². The Morgan fingerprint density at radius 3 is 2.68 bits per heavy atom. The molecule has 1 aromatic heterocycles. The molecule has 0 aliphatic rings. The minimum atomic E-state index is -3.60. The molecule has 1 aromatic carbocycles. The van der Waals surface area contributed by atoms with Gasteiger partial charge in [-0.2, -0.15) is 0 Å². The molecule has 7 heteroatoms. The van der Waals surface area contributed by atoms with Gasteiger partial charge in [0, 0.05) is 16.4 Å². The molecule has 0 aliphatic heterocycles. The first-order chi connectivity index (χ1) is 8.99. The highest BCUT2D eigenvalue weighted by atomic mass is 79.9. The lowest BCUT2D eigenvalue weighted by molar-refractivity contribution is 0.580. The molecule has 1 heterocycles. The molecule has 2 rings (SSSR count). The van der Waals surface area contributed by atoms with Gasteiger partial charge in [0.25, 0.3) is 0 Å². The van der Waals surface area contributed by atoms with Gasteiger partial charge >= 0.3 is 0 Å². The van der Waals surface area contributed by atoms with E-state index in [2.05, 4.69) is 25.6 Å². The van der Waals surface area contributed by atoms with Crippen molar-refractivity contribution in [2.45, 2.75) is 11.4 Å². The Balaban J connectivity index is 2.19. The van der Waals surface area contributed by atoms with Gasteiger partial charge in [-0.1, -0.05) is 6.07 Å². The summed E-state index contributed by atoms with van der Waals surface area (Å²) in [6.07, 6.45) is 1.61. The van der Waals surface area contributed by atoms with Crippen LogP contribution in [0.15, 0.2) is 52.0 Å². The third-order valence-corrected chi connectivity index (χ3v) is 4.79. The molecule has 5 nitrogen and oxygen atoms in total. The molecule has 0 radical (unpaired) electrons. The monoisotopic (exact) mass is 341 g/mol. The molecule has 0 spiro atoms. The number of hydrogen-bond acceptors (Lipinski definition) is 4. The molecule has 0 saturated carbocycles. The van der Waals surface area contributed by atoms with Gasteiger partial charge in [0.2, 0.25) is 10.0 Å². The van der Waals surface area contributed by atoms with E-state index in [-0.39, 0.29) is 11.4 Å². The van der Waals surface area contributed by atoms with E-state index < -0.39 is 10.0 Å². The Morgan fingerprint density at radius 2 is 2.05 bits per heavy atom. The Hall–Kier alpha value is -1.44. The lowest BCUT2D eigenvalue weighted by Gasteiger charge is -2.08. The van der Waals surface area contributed by atoms with Gasteiger partial charge < -0.3 is 5.73 Å². The Labute approximate surface area is 120 Å². The molecule has 0 amide bonds. The summed E-state index contributed by atoms with van der Waals surface area (Å²) in [5.74, 6) is 0. The fraction of sp³-hybridized carbons (Fsp3) is 0.0833. The number of aromatic nitrogens is 1. The van der Waals surface area contributed by atoms with Crippen molar-refractivity contribution in [3.8, 4) is 0 Å². The highest BCUT2D eigenvalue weighted by molar-refractivity contribution is 9.10. The number of nitrogens with zero attached hydrogens (tertiary/aromatic N) is 1. The molecule has 0 fully saturated rings. The van der Waals surface area contributed by atoms with Crippen molar-refractivity contribution in [3.63, 3.8) is 0 Å². The number of nitrogen functional groups attached to an aromatic ring is 1. The van der Waals surface area contributed by atoms with Crippen LogP contribution >= 0.6 is 15.9 Å². The van der Waals surface area contributed by atoms with Crippen LogP contribution in [0.1, 0.15) is 5.69 Å². The van der Waals surface area contributed by atoms with Crippen LogP contribution in [0.4, 0.5) is 5.69 Å². The van der Waals surface area contributed by atoms with Gasteiger partial charge in [-0.3, -0.25) is 4.98 Å². The predicted molar refractivity (Wildman–Crippen MR) is 76.8 cm³/mol. The van der Waals surface area contributed by atoms with E-state index in [1.807, 2.05) is 0 Å². The van der Waals surface area contributed by atoms with E-state index in [9.17, 15) is 8.42 Å². The maximum Gasteiger partial charge on any atom is 0.242 e. The van der Waals surface area contributed by atoms with E-state index in [0.29, 0.717) is 15.9 Å². The maximum absolute atomic E-state index is 12.1. The molecule has 3 N–H and O–H groups in total. The first kappa shape index (κ1) is 14.0. The number of anilines is 1. The van der Waals surface area contributed by atoms with Crippen molar-refractivity contribution in [1.29, 1.82) is 0 Å². The summed E-state index contributed by atoms with van der Waals surface area (Å²) in [5, 5.41) is 0. The minimum absolute atomic E-state index is 0.139. The van der Waals surface area contributed by atoms with Crippen molar-refractivity contribution in [2.75, 3.05) is 5.73 Å². The summed E-state index contributed by atoms with van der Waals surface area (Å²) in [6.45, 7) is 0.139. The maximum atomic E-state index is 12.1. The number of nitrogens with two attached hydrogens (primary N) is 1. The predicted octanol–water partition coefficient (Wildman–Crippen LogP) is 1.90. The first-order valence-corrected chi connectivity index (χ1v) is 7.71. The summed E-state index contributed by atoms with van der Waals surface area (Å²) in [4.78, 5) is 4.20. The Bertz CT molecular complexity index is 675. The second-order valence-corrected chi connectivity index (χ2v) is 6.43. The summed E-state index contributed by atoms with van der Waals surface area (Å²) in [5.41, 5.74) is 6.73. The second-order valence-electron chi connectivity index (χ2n) is 3.84. The molecular weight excluding hydrogens is 330 g/mol. The smallest absolute Gasteiger partial charge is 0.242 e. The molecule has 19 heavy (non-hydrogen) atoms. The number of hydrogen-bond donors (Lipinski definition) is 2. The third kappa shape index (κ3) is 3.52. The van der Waals surface area contributed by atoms with E-state index in [4.69, 9.17) is 5.73 Å². The molecule has 0 saturated heterocycles. The highest BCUT2D eigenvalue weighted by Gasteiger charge is 2.17. The largest absolute Gasteiger partial charge is 0.399 e. The van der Waals surface area contributed by atoms with Gasteiger partial charge in [0.15, 0.2) is 0 Å². The molecule has 0 aliphatic carbocycles. The zero-order valence-corrected chi connectivity index (χ0v) is 12.3. The average Bonchev–Trinajstić information content (AvgIpc) is 2.37. The third-order valence-electron chi connectivity index (χ3n) is 2.41. The van der Waals surface area contributed by atoms with E-state index in [1.165, 1.54) is 6.07 Å². The quantitative estimate of drug-likeness (QED) is 0.831. The van der Waals surface area contributed by atoms with Crippen molar-refractivity contribution >= 4 is 31.6 Å². The van der Waals surface area contributed by atoms with Gasteiger partial charge in [0.1, 0.15) is 0 Å². The molecule has 100 valence electrons. The summed E-state index contributed by atoms with van der Waals surface area (Å²) >= 11 is 3.19. The molecule has 0 atom stereocenters. The van der Waals surface area contributed by atoms with Crippen LogP contribution in [0.3, 0.4) is 0 Å². The van der Waals surface area contributed by atoms with Crippen LogP contribution in [-0.4, -0.2) is 13.4 Å². The lowest BCUT2D eigenvalue weighted by atomic mass is 10.3. The number of nitrogens with one attached hydrogen (secondary N) is 1. The molecule has 0 unspecified atom stereocenters. The standard InChI is InChI=1S/C12H12BrN3O2S/c13-11-7-9(14)4-5-12(11)19(17,18)16-8-10-3-1-2-6-15-10/h1-7,16H,8,14H2. The number of rotatable bonds is 4. The molecular formula is C12H12BrN3O2S. The summed E-state index contributed by atoms with van der Waals surface area (Å²) < 4.78 is 27.2. The Morgan fingerprint density at radius 1 is 1.26 bits per heavy atom. The molecule has 0 bridgehead atoms. The zero-order chi connectivity index (χ0) is 13.9. The van der Waals surface area contributed by atoms with Crippen molar-refractivity contribution in [3.05, 3.63) is 52.8 Å². The first-order valence-electron chi connectivity index (χ1n) is 5.43. The van der Waals surface area contributed by atoms with Gasteiger partial charge in [-0.25, -0.2) is 13.1 Å². The number of halogens is 1. The topological polar surface area (TPSA) is 85.1 Å². The van der Waals surface area contributed by atoms with Crippen LogP contribution in [0.2, 0.25) is 0 Å². The number of sulfonamides is 1. The highest BCUT2D eigenvalue weighted by Crippen LogP contribution is 2.24. The van der Waals surface area contributed by atoms with Gasteiger partial charge in [0.05, 0.1) is 17.1 Å². The van der Waals surface area contributed by atoms with Crippen molar-refractivity contribution in [1.82, 2.24) is 9.71 Å². The second kappa shape index (κ2) is 5.68. The fourth-order valence-corrected chi connectivity index (χ4v) is 3.58. The lowest BCUT2D eigenvalue weighted by Crippen LogP contribution is -2.24. The van der Waals surface area contributed by atoms with Crippen LogP contribution in [0, 0.1) is 0 Å². The SMILES string of the molecule is Nc1ccc(S(=O)(=O)NCc2ccccn2)c(Br)c1. The van der Waals surface area contributed by atoms with E-state index in [1.54, 1.807) is 36.5 Å². The van der Waals surface area contributed by atoms with Crippen molar-refractivity contribution < 1.29 is 8.42 Å². The van der Waals surface area contributed by atoms with Crippen molar-refractivity contribution in [2.24, 2.45) is 0 Å². The fourth-order valence-electron chi connectivity index (χ4n) is 1.48. The number of benzene rings is 1. The normalized spacial score (nSPS) is 11.4. The van der Waals surface area contributed by atoms with Crippen LogP contribution in [0.25, 0.3) is 0 Å². The Kier molecular flexibility index (Phi) is 4.18. The van der Waals surface area contributed by atoms with E-state index >= 15 is 0 Å². The molecule has 2 aromatic rings. The minimum Gasteiger partial charge on any atom is -0.399 e. The average molecular weight is 342 g/mol.